The summed E-state index contributed by atoms with van der Waals surface area (Å²) in [5.41, 5.74) is 0.958. The van der Waals surface area contributed by atoms with Crippen LogP contribution >= 0.6 is 0 Å². The average Bonchev–Trinajstić information content (AvgIpc) is 2.50. The van der Waals surface area contributed by atoms with Crippen LogP contribution < -0.4 is 0 Å². The minimum atomic E-state index is -0.227. The number of fused-ring (bicyclic) bond motifs is 2. The molecule has 0 aromatic carbocycles. The molecule has 0 radical (unpaired) electrons. The minimum Gasteiger partial charge on any atom is -0.458 e. The SMILES string of the molecule is C=C(C)C(=O)OC1CC2CC[C@]1(C)C2(C)C. The first kappa shape index (κ1) is 11.7. The quantitative estimate of drug-likeness (QED) is 0.529. The summed E-state index contributed by atoms with van der Waals surface area (Å²) in [6, 6.07) is 0. The van der Waals surface area contributed by atoms with Gasteiger partial charge in [-0.05, 0) is 37.5 Å². The van der Waals surface area contributed by atoms with Crippen molar-refractivity contribution in [2.45, 2.75) is 53.1 Å². The number of hydrogen-bond donors (Lipinski definition) is 0. The van der Waals surface area contributed by atoms with Gasteiger partial charge in [-0.15, -0.1) is 0 Å². The van der Waals surface area contributed by atoms with Crippen LogP contribution in [-0.2, 0) is 9.53 Å². The Hall–Kier alpha value is -0.790. The lowest BCUT2D eigenvalue weighted by molar-refractivity contribution is -0.151. The van der Waals surface area contributed by atoms with Gasteiger partial charge in [0, 0.05) is 11.0 Å². The fourth-order valence-corrected chi connectivity index (χ4v) is 3.54. The molecule has 0 spiro atoms. The molecule has 2 nitrogen and oxygen atoms in total. The largest absolute Gasteiger partial charge is 0.458 e. The summed E-state index contributed by atoms with van der Waals surface area (Å²) in [6.45, 7) is 12.3. The zero-order valence-corrected chi connectivity index (χ0v) is 10.8. The van der Waals surface area contributed by atoms with Crippen LogP contribution in [0, 0.1) is 16.7 Å². The fraction of sp³-hybridized carbons (Fsp3) is 0.786. The number of rotatable bonds is 2. The molecule has 0 heterocycles. The summed E-state index contributed by atoms with van der Waals surface area (Å²) in [4.78, 5) is 11.6. The molecule has 16 heavy (non-hydrogen) atoms. The van der Waals surface area contributed by atoms with E-state index in [1.54, 1.807) is 6.92 Å². The monoisotopic (exact) mass is 222 g/mol. The van der Waals surface area contributed by atoms with Crippen molar-refractivity contribution in [3.63, 3.8) is 0 Å². The van der Waals surface area contributed by atoms with Crippen molar-refractivity contribution < 1.29 is 9.53 Å². The van der Waals surface area contributed by atoms with Crippen LogP contribution in [-0.4, -0.2) is 12.1 Å². The predicted octanol–water partition coefficient (Wildman–Crippen LogP) is 3.32. The number of carbonyl (C=O) groups excluding carboxylic acids is 1. The topological polar surface area (TPSA) is 26.3 Å². The zero-order valence-electron chi connectivity index (χ0n) is 10.8. The summed E-state index contributed by atoms with van der Waals surface area (Å²) in [5.74, 6) is 0.481. The fourth-order valence-electron chi connectivity index (χ4n) is 3.54. The van der Waals surface area contributed by atoms with E-state index in [2.05, 4.69) is 27.4 Å². The molecule has 0 aromatic rings. The zero-order chi connectivity index (χ0) is 12.1. The molecule has 2 bridgehead atoms. The van der Waals surface area contributed by atoms with Crippen molar-refractivity contribution in [2.75, 3.05) is 0 Å². The summed E-state index contributed by atoms with van der Waals surface area (Å²) < 4.78 is 5.61. The second-order valence-electron chi connectivity index (χ2n) is 6.28. The van der Waals surface area contributed by atoms with Gasteiger partial charge in [0.25, 0.3) is 0 Å². The Morgan fingerprint density at radius 3 is 2.38 bits per heavy atom. The van der Waals surface area contributed by atoms with Crippen molar-refractivity contribution in [1.29, 1.82) is 0 Å². The van der Waals surface area contributed by atoms with E-state index in [1.807, 2.05) is 0 Å². The molecule has 3 atom stereocenters. The standard InChI is InChI=1S/C14H22O2/c1-9(2)12(15)16-11-8-10-6-7-14(11,5)13(10,3)4/h10-11H,1,6-8H2,2-5H3/t10?,11?,14-/m0/s1. The molecular formula is C14H22O2. The highest BCUT2D eigenvalue weighted by atomic mass is 16.5. The van der Waals surface area contributed by atoms with E-state index in [-0.39, 0.29) is 17.5 Å². The number of esters is 1. The first-order valence-corrected chi connectivity index (χ1v) is 6.15. The molecule has 2 saturated carbocycles. The van der Waals surface area contributed by atoms with Gasteiger partial charge >= 0.3 is 5.97 Å². The highest BCUT2D eigenvalue weighted by molar-refractivity contribution is 5.87. The van der Waals surface area contributed by atoms with Gasteiger partial charge in [-0.1, -0.05) is 27.4 Å². The molecule has 2 fully saturated rings. The Balaban J connectivity index is 2.16. The molecule has 0 aliphatic heterocycles. The van der Waals surface area contributed by atoms with Gasteiger partial charge in [-0.2, -0.15) is 0 Å². The van der Waals surface area contributed by atoms with E-state index < -0.39 is 0 Å². The van der Waals surface area contributed by atoms with Crippen LogP contribution in [0.1, 0.15) is 47.0 Å². The van der Waals surface area contributed by atoms with Gasteiger partial charge in [0.2, 0.25) is 0 Å². The van der Waals surface area contributed by atoms with Gasteiger partial charge in [-0.3, -0.25) is 0 Å². The number of ether oxygens (including phenoxy) is 1. The Kier molecular flexibility index (Phi) is 2.45. The smallest absolute Gasteiger partial charge is 0.333 e. The van der Waals surface area contributed by atoms with Crippen molar-refractivity contribution in [2.24, 2.45) is 16.7 Å². The van der Waals surface area contributed by atoms with E-state index in [4.69, 9.17) is 4.74 Å². The average molecular weight is 222 g/mol. The number of carbonyl (C=O) groups is 1. The van der Waals surface area contributed by atoms with E-state index in [0.717, 1.165) is 6.42 Å². The van der Waals surface area contributed by atoms with Crippen molar-refractivity contribution in [3.05, 3.63) is 12.2 Å². The Morgan fingerprint density at radius 2 is 2.00 bits per heavy atom. The Morgan fingerprint density at radius 1 is 1.38 bits per heavy atom. The maximum Gasteiger partial charge on any atom is 0.333 e. The van der Waals surface area contributed by atoms with E-state index in [1.165, 1.54) is 12.8 Å². The van der Waals surface area contributed by atoms with Crippen LogP contribution in [0.5, 0.6) is 0 Å². The third-order valence-electron chi connectivity index (χ3n) is 5.31. The van der Waals surface area contributed by atoms with Crippen molar-refractivity contribution in [3.8, 4) is 0 Å². The van der Waals surface area contributed by atoms with E-state index >= 15 is 0 Å². The maximum absolute atomic E-state index is 11.6. The highest BCUT2D eigenvalue weighted by Gasteiger charge is 2.62. The molecule has 90 valence electrons. The van der Waals surface area contributed by atoms with E-state index in [0.29, 0.717) is 16.9 Å². The van der Waals surface area contributed by atoms with Gasteiger partial charge in [-0.25, -0.2) is 4.79 Å². The molecule has 2 unspecified atom stereocenters. The van der Waals surface area contributed by atoms with Gasteiger partial charge in [0.05, 0.1) is 0 Å². The van der Waals surface area contributed by atoms with Crippen LogP contribution in [0.3, 0.4) is 0 Å². The minimum absolute atomic E-state index is 0.0884. The molecule has 2 aliphatic carbocycles. The summed E-state index contributed by atoms with van der Waals surface area (Å²) in [6.07, 6.45) is 3.58. The van der Waals surface area contributed by atoms with Crippen LogP contribution in [0.4, 0.5) is 0 Å². The molecule has 2 aliphatic rings. The molecular weight excluding hydrogens is 200 g/mol. The van der Waals surface area contributed by atoms with Crippen molar-refractivity contribution >= 4 is 5.97 Å². The lowest BCUT2D eigenvalue weighted by Crippen LogP contribution is -2.38. The normalized spacial score (nSPS) is 39.8. The van der Waals surface area contributed by atoms with Crippen LogP contribution in [0.2, 0.25) is 0 Å². The van der Waals surface area contributed by atoms with Gasteiger partial charge in [0.1, 0.15) is 6.10 Å². The molecule has 2 rings (SSSR count). The Bertz CT molecular complexity index is 343. The van der Waals surface area contributed by atoms with E-state index in [9.17, 15) is 4.79 Å². The second kappa shape index (κ2) is 3.35. The van der Waals surface area contributed by atoms with Crippen molar-refractivity contribution in [1.82, 2.24) is 0 Å². The molecule has 0 aromatic heterocycles. The molecule has 2 heteroatoms. The Labute approximate surface area is 98.1 Å². The summed E-state index contributed by atoms with van der Waals surface area (Å²) in [5, 5.41) is 0. The number of hydrogen-bond acceptors (Lipinski definition) is 2. The van der Waals surface area contributed by atoms with Gasteiger partial charge in [0.15, 0.2) is 0 Å². The first-order valence-electron chi connectivity index (χ1n) is 6.15. The third kappa shape index (κ3) is 1.35. The molecule has 0 amide bonds. The summed E-state index contributed by atoms with van der Waals surface area (Å²) >= 11 is 0. The van der Waals surface area contributed by atoms with Crippen LogP contribution in [0.15, 0.2) is 12.2 Å². The highest BCUT2D eigenvalue weighted by Crippen LogP contribution is 2.66. The molecule has 0 N–H and O–H groups in total. The second-order valence-corrected chi connectivity index (χ2v) is 6.28. The first-order chi connectivity index (χ1) is 7.29. The maximum atomic E-state index is 11.6. The lowest BCUT2D eigenvalue weighted by atomic mass is 9.70. The van der Waals surface area contributed by atoms with Gasteiger partial charge < -0.3 is 4.74 Å². The third-order valence-corrected chi connectivity index (χ3v) is 5.31. The molecule has 0 saturated heterocycles. The lowest BCUT2D eigenvalue weighted by Gasteiger charge is -2.38. The van der Waals surface area contributed by atoms with Crippen LogP contribution in [0.25, 0.3) is 0 Å². The predicted molar refractivity (Wildman–Crippen MR) is 63.9 cm³/mol. The summed E-state index contributed by atoms with van der Waals surface area (Å²) in [7, 11) is 0.